The summed E-state index contributed by atoms with van der Waals surface area (Å²) in [5.41, 5.74) is -1.40. The van der Waals surface area contributed by atoms with E-state index in [4.69, 9.17) is 5.11 Å². The zero-order valence-corrected chi connectivity index (χ0v) is 10.3. The van der Waals surface area contributed by atoms with Crippen molar-refractivity contribution in [1.29, 1.82) is 0 Å². The molecule has 2 rings (SSSR count). The van der Waals surface area contributed by atoms with Gasteiger partial charge in [-0.1, -0.05) is 0 Å². The normalized spacial score (nSPS) is 11.6. The maximum absolute atomic E-state index is 13.0. The topological polar surface area (TPSA) is 68.0 Å². The summed E-state index contributed by atoms with van der Waals surface area (Å²) >= 11 is 0. The maximum Gasteiger partial charge on any atom is 0.431 e. The van der Waals surface area contributed by atoms with Crippen LogP contribution in [0.4, 0.5) is 13.2 Å². The maximum atomic E-state index is 13.0. The first-order valence-corrected chi connectivity index (χ1v) is 5.57. The van der Waals surface area contributed by atoms with Crippen LogP contribution in [0.1, 0.15) is 27.6 Å². The van der Waals surface area contributed by atoms with Crippen LogP contribution in [-0.4, -0.2) is 25.6 Å². The number of rotatable bonds is 3. The van der Waals surface area contributed by atoms with E-state index < -0.39 is 23.5 Å². The fourth-order valence-electron chi connectivity index (χ4n) is 1.92. The molecule has 0 radical (unpaired) electrons. The van der Waals surface area contributed by atoms with Gasteiger partial charge < -0.3 is 9.67 Å². The third kappa shape index (κ3) is 2.63. The molecule has 0 aliphatic heterocycles. The lowest BCUT2D eigenvalue weighted by atomic mass is 10.2. The van der Waals surface area contributed by atoms with Gasteiger partial charge in [-0.25, -0.2) is 14.8 Å². The summed E-state index contributed by atoms with van der Waals surface area (Å²) < 4.78 is 39.5. The van der Waals surface area contributed by atoms with E-state index in [9.17, 15) is 18.0 Å². The second-order valence-corrected chi connectivity index (χ2v) is 4.12. The number of aryl methyl sites for hydroxylation is 1. The number of halogens is 3. The first-order valence-electron chi connectivity index (χ1n) is 5.57. The van der Waals surface area contributed by atoms with Gasteiger partial charge in [0.1, 0.15) is 17.2 Å². The van der Waals surface area contributed by atoms with Gasteiger partial charge >= 0.3 is 12.1 Å². The Kier molecular flexibility index (Phi) is 3.47. The van der Waals surface area contributed by atoms with E-state index in [2.05, 4.69) is 9.97 Å². The zero-order valence-electron chi connectivity index (χ0n) is 10.3. The van der Waals surface area contributed by atoms with Crippen molar-refractivity contribution < 1.29 is 23.1 Å². The molecule has 0 spiro atoms. The average molecular weight is 285 g/mol. The van der Waals surface area contributed by atoms with Gasteiger partial charge in [-0.2, -0.15) is 13.2 Å². The van der Waals surface area contributed by atoms with Crippen LogP contribution >= 0.6 is 0 Å². The van der Waals surface area contributed by atoms with E-state index in [1.807, 2.05) is 0 Å². The molecular weight excluding hydrogens is 275 g/mol. The number of carboxylic acids is 1. The van der Waals surface area contributed by atoms with Crippen molar-refractivity contribution in [3.8, 4) is 0 Å². The molecule has 0 aliphatic rings. The van der Waals surface area contributed by atoms with Crippen LogP contribution in [0.15, 0.2) is 24.5 Å². The summed E-state index contributed by atoms with van der Waals surface area (Å²) in [6, 6.07) is 2.33. The predicted octanol–water partition coefficient (Wildman–Crippen LogP) is 2.35. The lowest BCUT2D eigenvalue weighted by Gasteiger charge is -2.13. The Hall–Kier alpha value is -2.38. The number of hydrogen-bond donors (Lipinski definition) is 1. The van der Waals surface area contributed by atoms with Crippen LogP contribution in [0.5, 0.6) is 0 Å². The minimum atomic E-state index is -4.65. The van der Waals surface area contributed by atoms with E-state index >= 15 is 0 Å². The Morgan fingerprint density at radius 3 is 2.45 bits per heavy atom. The number of aromatic nitrogens is 3. The molecule has 0 unspecified atom stereocenters. The number of aromatic carboxylic acids is 1. The van der Waals surface area contributed by atoms with Crippen LogP contribution in [-0.2, 0) is 12.7 Å². The van der Waals surface area contributed by atoms with Gasteiger partial charge in [-0.05, 0) is 24.6 Å². The highest BCUT2D eigenvalue weighted by atomic mass is 19.4. The third-order valence-electron chi connectivity index (χ3n) is 2.70. The number of carboxylic acid groups (broad SMARTS) is 1. The highest BCUT2D eigenvalue weighted by Gasteiger charge is 2.37. The van der Waals surface area contributed by atoms with Crippen molar-refractivity contribution in [2.75, 3.05) is 0 Å². The minimum Gasteiger partial charge on any atom is -0.477 e. The summed E-state index contributed by atoms with van der Waals surface area (Å²) in [6.45, 7) is 0.964. The Morgan fingerprint density at radius 1 is 1.35 bits per heavy atom. The lowest BCUT2D eigenvalue weighted by molar-refractivity contribution is -0.143. The number of hydrogen-bond acceptors (Lipinski definition) is 3. The molecule has 2 heterocycles. The van der Waals surface area contributed by atoms with E-state index in [0.29, 0.717) is 4.57 Å². The van der Waals surface area contributed by atoms with Gasteiger partial charge in [-0.3, -0.25) is 0 Å². The summed E-state index contributed by atoms with van der Waals surface area (Å²) in [7, 11) is 0. The fraction of sp³-hybridized carbons (Fsp3) is 0.250. The molecule has 2 aromatic rings. The summed E-state index contributed by atoms with van der Waals surface area (Å²) in [4.78, 5) is 18.8. The molecule has 0 atom stereocenters. The highest BCUT2D eigenvalue weighted by molar-refractivity contribution is 5.88. The summed E-state index contributed by atoms with van der Waals surface area (Å²) in [6.07, 6.45) is -1.88. The van der Waals surface area contributed by atoms with Crippen LogP contribution in [0, 0.1) is 6.92 Å². The van der Waals surface area contributed by atoms with Crippen LogP contribution < -0.4 is 0 Å². The standard InChI is InChI=1S/C12H10F3N3O2/c1-7-5-8(12(13,14)15)18(10(7)11(19)20)6-9-16-3-2-4-17-9/h2-5H,6H2,1H3,(H,19,20). The van der Waals surface area contributed by atoms with Crippen molar-refractivity contribution in [2.45, 2.75) is 19.6 Å². The van der Waals surface area contributed by atoms with Crippen molar-refractivity contribution in [3.63, 3.8) is 0 Å². The molecule has 1 N–H and O–H groups in total. The molecule has 0 aliphatic carbocycles. The second kappa shape index (κ2) is 4.95. The second-order valence-electron chi connectivity index (χ2n) is 4.12. The lowest BCUT2D eigenvalue weighted by Crippen LogP contribution is -2.19. The van der Waals surface area contributed by atoms with Crippen molar-refractivity contribution in [3.05, 3.63) is 47.3 Å². The Labute approximate surface area is 111 Å². The van der Waals surface area contributed by atoms with Gasteiger partial charge in [0.05, 0.1) is 6.54 Å². The van der Waals surface area contributed by atoms with E-state index in [1.165, 1.54) is 25.4 Å². The van der Waals surface area contributed by atoms with Gasteiger partial charge in [0, 0.05) is 12.4 Å². The number of alkyl halides is 3. The van der Waals surface area contributed by atoms with Gasteiger partial charge in [0.15, 0.2) is 0 Å². The molecule has 0 amide bonds. The van der Waals surface area contributed by atoms with Crippen molar-refractivity contribution in [1.82, 2.24) is 14.5 Å². The number of nitrogens with zero attached hydrogens (tertiary/aromatic N) is 3. The molecule has 2 aromatic heterocycles. The van der Waals surface area contributed by atoms with E-state index in [0.717, 1.165) is 6.07 Å². The number of carbonyl (C=O) groups is 1. The van der Waals surface area contributed by atoms with E-state index in [-0.39, 0.29) is 17.9 Å². The van der Waals surface area contributed by atoms with Gasteiger partial charge in [0.25, 0.3) is 0 Å². The minimum absolute atomic E-state index is 0.0424. The Balaban J connectivity index is 2.56. The first-order chi connectivity index (χ1) is 9.30. The molecule has 0 bridgehead atoms. The van der Waals surface area contributed by atoms with E-state index in [1.54, 1.807) is 0 Å². The molecule has 20 heavy (non-hydrogen) atoms. The van der Waals surface area contributed by atoms with Crippen molar-refractivity contribution >= 4 is 5.97 Å². The Bertz CT molecular complexity index is 635. The smallest absolute Gasteiger partial charge is 0.431 e. The molecule has 0 saturated heterocycles. The van der Waals surface area contributed by atoms with Crippen LogP contribution in [0.25, 0.3) is 0 Å². The summed E-state index contributed by atoms with van der Waals surface area (Å²) in [5, 5.41) is 9.07. The quantitative estimate of drug-likeness (QED) is 0.940. The van der Waals surface area contributed by atoms with Gasteiger partial charge in [0.2, 0.25) is 0 Å². The SMILES string of the molecule is Cc1cc(C(F)(F)F)n(Cc2ncccn2)c1C(=O)O. The highest BCUT2D eigenvalue weighted by Crippen LogP contribution is 2.33. The molecule has 0 saturated carbocycles. The predicted molar refractivity (Wildman–Crippen MR) is 62.3 cm³/mol. The molecule has 0 fully saturated rings. The zero-order chi connectivity index (χ0) is 14.9. The molecule has 0 aromatic carbocycles. The summed E-state index contributed by atoms with van der Waals surface area (Å²) in [5.74, 6) is -1.31. The van der Waals surface area contributed by atoms with Crippen LogP contribution in [0.2, 0.25) is 0 Å². The molecule has 106 valence electrons. The molecular formula is C12H10F3N3O2. The Morgan fingerprint density at radius 2 is 1.95 bits per heavy atom. The monoisotopic (exact) mass is 285 g/mol. The molecule has 5 nitrogen and oxygen atoms in total. The average Bonchev–Trinajstić information content (AvgIpc) is 2.67. The first kappa shape index (κ1) is 14.0. The van der Waals surface area contributed by atoms with Crippen LogP contribution in [0.3, 0.4) is 0 Å². The largest absolute Gasteiger partial charge is 0.477 e. The third-order valence-corrected chi connectivity index (χ3v) is 2.70. The van der Waals surface area contributed by atoms with Gasteiger partial charge in [-0.15, -0.1) is 0 Å². The fourth-order valence-corrected chi connectivity index (χ4v) is 1.92. The van der Waals surface area contributed by atoms with Crippen molar-refractivity contribution in [2.24, 2.45) is 0 Å². The molecule has 8 heteroatoms.